The number of likely N-dealkylation sites (N-methyl/N-ethyl adjacent to an activating group) is 1. The first-order valence-corrected chi connectivity index (χ1v) is 10.8. The fraction of sp³-hybridized carbons (Fsp3) is 0.682. The van der Waals surface area contributed by atoms with Gasteiger partial charge in [-0.25, -0.2) is 0 Å². The van der Waals surface area contributed by atoms with Gasteiger partial charge in [0.05, 0.1) is 26.3 Å². The van der Waals surface area contributed by atoms with E-state index in [9.17, 15) is 0 Å². The van der Waals surface area contributed by atoms with E-state index < -0.39 is 0 Å². The molecule has 0 aliphatic carbocycles. The summed E-state index contributed by atoms with van der Waals surface area (Å²) in [6.45, 7) is 9.45. The highest BCUT2D eigenvalue weighted by molar-refractivity contribution is 14.0. The van der Waals surface area contributed by atoms with Crippen LogP contribution in [0.25, 0.3) is 0 Å². The van der Waals surface area contributed by atoms with Crippen molar-refractivity contribution in [2.45, 2.75) is 25.8 Å². The summed E-state index contributed by atoms with van der Waals surface area (Å²) in [5, 5.41) is 6.83. The lowest BCUT2D eigenvalue weighted by atomic mass is 10.1. The van der Waals surface area contributed by atoms with Crippen LogP contribution in [0.3, 0.4) is 0 Å². The van der Waals surface area contributed by atoms with Crippen molar-refractivity contribution >= 4 is 29.9 Å². The number of benzene rings is 1. The standard InChI is InChI=1S/C22H39N5O2.HI/c1-5-23-22(24-12-15-26(2)16-17-28-3)25-18-21(27-13-6-7-14-27)19-8-10-20(29-4)11-9-19;/h8-11,21H,5-7,12-18H2,1-4H3,(H2,23,24,25);1H. The van der Waals surface area contributed by atoms with Gasteiger partial charge >= 0.3 is 0 Å². The maximum Gasteiger partial charge on any atom is 0.191 e. The Hall–Kier alpha value is -1.10. The van der Waals surface area contributed by atoms with E-state index in [-0.39, 0.29) is 24.0 Å². The number of aliphatic imine (C=N–C) groups is 1. The maximum atomic E-state index is 5.32. The summed E-state index contributed by atoms with van der Waals surface area (Å²) in [5.74, 6) is 1.77. The summed E-state index contributed by atoms with van der Waals surface area (Å²) in [6.07, 6.45) is 2.53. The van der Waals surface area contributed by atoms with Crippen molar-refractivity contribution in [3.63, 3.8) is 0 Å². The average Bonchev–Trinajstić information content (AvgIpc) is 3.27. The molecule has 1 aromatic carbocycles. The number of hydrogen-bond donors (Lipinski definition) is 2. The van der Waals surface area contributed by atoms with Crippen molar-refractivity contribution in [2.24, 2.45) is 4.99 Å². The Kier molecular flexibility index (Phi) is 14.1. The van der Waals surface area contributed by atoms with Crippen LogP contribution in [-0.4, -0.2) is 89.4 Å². The summed E-state index contributed by atoms with van der Waals surface area (Å²) < 4.78 is 10.5. The Balaban J connectivity index is 0.00000450. The molecule has 2 rings (SSSR count). The van der Waals surface area contributed by atoms with E-state index in [2.05, 4.69) is 46.5 Å². The van der Waals surface area contributed by atoms with Crippen LogP contribution < -0.4 is 15.4 Å². The molecule has 1 aliphatic rings. The predicted molar refractivity (Wildman–Crippen MR) is 135 cm³/mol. The van der Waals surface area contributed by atoms with Crippen LogP contribution in [0, 0.1) is 0 Å². The summed E-state index contributed by atoms with van der Waals surface area (Å²) in [6, 6.07) is 8.72. The summed E-state index contributed by atoms with van der Waals surface area (Å²) >= 11 is 0. The zero-order chi connectivity index (χ0) is 20.9. The number of likely N-dealkylation sites (tertiary alicyclic amines) is 1. The predicted octanol–water partition coefficient (Wildman–Crippen LogP) is 2.58. The molecule has 1 heterocycles. The molecule has 1 atom stereocenters. The third-order valence-electron chi connectivity index (χ3n) is 5.31. The SMILES string of the molecule is CCNC(=NCC(c1ccc(OC)cc1)N1CCCC1)NCCN(C)CCOC.I. The normalized spacial score (nSPS) is 15.7. The molecule has 8 heteroatoms. The molecule has 0 amide bonds. The average molecular weight is 533 g/mol. The number of hydrogen-bond acceptors (Lipinski definition) is 5. The van der Waals surface area contributed by atoms with Gasteiger partial charge in [-0.15, -0.1) is 24.0 Å². The third-order valence-corrected chi connectivity index (χ3v) is 5.31. The topological polar surface area (TPSA) is 61.4 Å². The second kappa shape index (κ2) is 15.7. The van der Waals surface area contributed by atoms with Crippen LogP contribution >= 0.6 is 24.0 Å². The fourth-order valence-corrected chi connectivity index (χ4v) is 3.55. The molecule has 1 unspecified atom stereocenters. The van der Waals surface area contributed by atoms with E-state index in [4.69, 9.17) is 14.5 Å². The Labute approximate surface area is 199 Å². The van der Waals surface area contributed by atoms with Gasteiger partial charge in [-0.1, -0.05) is 12.1 Å². The van der Waals surface area contributed by atoms with Crippen molar-refractivity contribution in [3.05, 3.63) is 29.8 Å². The van der Waals surface area contributed by atoms with Crippen molar-refractivity contribution in [1.29, 1.82) is 0 Å². The molecule has 7 nitrogen and oxygen atoms in total. The van der Waals surface area contributed by atoms with Crippen LogP contribution in [0.2, 0.25) is 0 Å². The number of methoxy groups -OCH3 is 2. The minimum Gasteiger partial charge on any atom is -0.497 e. The summed E-state index contributed by atoms with van der Waals surface area (Å²) in [5.41, 5.74) is 1.30. The molecular formula is C22H40IN5O2. The van der Waals surface area contributed by atoms with Crippen molar-refractivity contribution in [1.82, 2.24) is 20.4 Å². The number of guanidine groups is 1. The first kappa shape index (κ1) is 26.9. The molecule has 2 N–H and O–H groups in total. The van der Waals surface area contributed by atoms with Crippen molar-refractivity contribution < 1.29 is 9.47 Å². The minimum atomic E-state index is 0. The van der Waals surface area contributed by atoms with E-state index >= 15 is 0 Å². The van der Waals surface area contributed by atoms with Gasteiger partial charge in [0.25, 0.3) is 0 Å². The van der Waals surface area contributed by atoms with Crippen molar-refractivity contribution in [3.8, 4) is 5.75 Å². The van der Waals surface area contributed by atoms with Crippen LogP contribution in [0.1, 0.15) is 31.4 Å². The number of nitrogens with one attached hydrogen (secondary N) is 2. The van der Waals surface area contributed by atoms with Crippen LogP contribution in [0.4, 0.5) is 0 Å². The third kappa shape index (κ3) is 9.36. The van der Waals surface area contributed by atoms with Crippen LogP contribution in [0.15, 0.2) is 29.3 Å². The van der Waals surface area contributed by atoms with E-state index in [0.29, 0.717) is 6.04 Å². The lowest BCUT2D eigenvalue weighted by Gasteiger charge is -2.27. The molecular weight excluding hydrogens is 493 g/mol. The van der Waals surface area contributed by atoms with E-state index in [1.54, 1.807) is 14.2 Å². The highest BCUT2D eigenvalue weighted by Gasteiger charge is 2.23. The monoisotopic (exact) mass is 533 g/mol. The lowest BCUT2D eigenvalue weighted by molar-refractivity contribution is 0.162. The second-order valence-corrected chi connectivity index (χ2v) is 7.47. The number of ether oxygens (including phenoxy) is 2. The first-order valence-electron chi connectivity index (χ1n) is 10.8. The Morgan fingerprint density at radius 3 is 2.43 bits per heavy atom. The van der Waals surface area contributed by atoms with Crippen LogP contribution in [-0.2, 0) is 4.74 Å². The van der Waals surface area contributed by atoms with E-state index in [1.807, 2.05) is 12.1 Å². The Bertz CT molecular complexity index is 594. The first-order chi connectivity index (χ1) is 14.2. The molecule has 0 spiro atoms. The number of rotatable bonds is 12. The number of halogens is 1. The molecule has 0 saturated carbocycles. The smallest absolute Gasteiger partial charge is 0.191 e. The molecule has 0 bridgehead atoms. The second-order valence-electron chi connectivity index (χ2n) is 7.47. The van der Waals surface area contributed by atoms with Crippen LogP contribution in [0.5, 0.6) is 5.75 Å². The highest BCUT2D eigenvalue weighted by Crippen LogP contribution is 2.27. The Morgan fingerprint density at radius 2 is 1.83 bits per heavy atom. The van der Waals surface area contributed by atoms with Gasteiger partial charge in [0.15, 0.2) is 5.96 Å². The molecule has 172 valence electrons. The van der Waals surface area contributed by atoms with Gasteiger partial charge in [0, 0.05) is 33.3 Å². The molecule has 1 aliphatic heterocycles. The van der Waals surface area contributed by atoms with Gasteiger partial charge in [-0.05, 0) is 57.6 Å². The summed E-state index contributed by atoms with van der Waals surface area (Å²) in [7, 11) is 5.55. The van der Waals surface area contributed by atoms with Gasteiger partial charge < -0.3 is 25.0 Å². The van der Waals surface area contributed by atoms with E-state index in [0.717, 1.165) is 64.1 Å². The molecule has 0 radical (unpaired) electrons. The fourth-order valence-electron chi connectivity index (χ4n) is 3.55. The molecule has 1 saturated heterocycles. The molecule has 1 aromatic rings. The minimum absolute atomic E-state index is 0. The van der Waals surface area contributed by atoms with Gasteiger partial charge in [0.2, 0.25) is 0 Å². The quantitative estimate of drug-likeness (QED) is 0.245. The van der Waals surface area contributed by atoms with Gasteiger partial charge in [0.1, 0.15) is 5.75 Å². The van der Waals surface area contributed by atoms with E-state index in [1.165, 1.54) is 18.4 Å². The highest BCUT2D eigenvalue weighted by atomic mass is 127. The largest absolute Gasteiger partial charge is 0.497 e. The van der Waals surface area contributed by atoms with Gasteiger partial charge in [-0.2, -0.15) is 0 Å². The summed E-state index contributed by atoms with van der Waals surface area (Å²) in [4.78, 5) is 9.72. The van der Waals surface area contributed by atoms with Crippen molar-refractivity contribution in [2.75, 3.05) is 73.7 Å². The number of nitrogens with zero attached hydrogens (tertiary/aromatic N) is 3. The Morgan fingerprint density at radius 1 is 1.13 bits per heavy atom. The molecule has 1 fully saturated rings. The maximum absolute atomic E-state index is 5.32. The molecule has 30 heavy (non-hydrogen) atoms. The van der Waals surface area contributed by atoms with Gasteiger partial charge in [-0.3, -0.25) is 9.89 Å². The lowest BCUT2D eigenvalue weighted by Crippen LogP contribution is -2.42. The molecule has 0 aromatic heterocycles. The zero-order valence-corrected chi connectivity index (χ0v) is 21.4. The zero-order valence-electron chi connectivity index (χ0n) is 19.0.